The third-order valence-corrected chi connectivity index (χ3v) is 3.34. The predicted molar refractivity (Wildman–Crippen MR) is 78.0 cm³/mol. The second kappa shape index (κ2) is 8.30. The number of rotatable bonds is 9. The molecule has 0 aromatic carbocycles. The van der Waals surface area contributed by atoms with Gasteiger partial charge in [-0.1, -0.05) is 13.8 Å². The van der Waals surface area contributed by atoms with Crippen LogP contribution in [0.25, 0.3) is 0 Å². The normalized spacial score (nSPS) is 13.4. The smallest absolute Gasteiger partial charge is 0.0764 e. The summed E-state index contributed by atoms with van der Waals surface area (Å²) in [5.74, 6) is 0. The monoisotopic (exact) mass is 268 g/mol. The van der Waals surface area contributed by atoms with Crippen molar-refractivity contribution in [2.24, 2.45) is 5.73 Å². The Morgan fingerprint density at radius 1 is 1.42 bits per heavy atom. The molecule has 5 heteroatoms. The highest BCUT2D eigenvalue weighted by Gasteiger charge is 2.11. The third-order valence-electron chi connectivity index (χ3n) is 3.34. The first-order valence-corrected chi connectivity index (χ1v) is 7.07. The van der Waals surface area contributed by atoms with Gasteiger partial charge in [0.2, 0.25) is 0 Å². The molecule has 1 aromatic heterocycles. The molecule has 0 fully saturated rings. The lowest BCUT2D eigenvalue weighted by molar-refractivity contribution is 0.159. The van der Waals surface area contributed by atoms with E-state index in [1.165, 1.54) is 0 Å². The molecule has 1 unspecified atom stereocenters. The number of likely N-dealkylation sites (N-methyl/N-ethyl adjacent to an activating group) is 1. The topological polar surface area (TPSA) is 56.3 Å². The molecular formula is C14H28N4O. The Hall–Kier alpha value is -0.910. The molecule has 1 aromatic rings. The first-order valence-electron chi connectivity index (χ1n) is 7.07. The van der Waals surface area contributed by atoms with Crippen LogP contribution in [0.1, 0.15) is 38.4 Å². The first kappa shape index (κ1) is 16.1. The van der Waals surface area contributed by atoms with Crippen molar-refractivity contribution in [3.05, 3.63) is 18.0 Å². The molecule has 0 radical (unpaired) electrons. The van der Waals surface area contributed by atoms with E-state index >= 15 is 0 Å². The first-order chi connectivity index (χ1) is 9.10. The SMILES string of the molecule is CCC(CC)n1ccc(CN(C)CC(N)COC)n1. The van der Waals surface area contributed by atoms with Crippen LogP contribution in [0, 0.1) is 0 Å². The Bertz CT molecular complexity index is 349. The minimum Gasteiger partial charge on any atom is -0.383 e. The highest BCUT2D eigenvalue weighted by atomic mass is 16.5. The highest BCUT2D eigenvalue weighted by Crippen LogP contribution is 2.14. The van der Waals surface area contributed by atoms with Gasteiger partial charge in [0, 0.05) is 32.4 Å². The van der Waals surface area contributed by atoms with Crippen LogP contribution >= 0.6 is 0 Å². The lowest BCUT2D eigenvalue weighted by Crippen LogP contribution is -2.38. The van der Waals surface area contributed by atoms with Gasteiger partial charge < -0.3 is 10.5 Å². The fourth-order valence-corrected chi connectivity index (χ4v) is 2.34. The largest absolute Gasteiger partial charge is 0.383 e. The quantitative estimate of drug-likeness (QED) is 0.740. The van der Waals surface area contributed by atoms with Gasteiger partial charge in [-0.05, 0) is 26.0 Å². The fourth-order valence-electron chi connectivity index (χ4n) is 2.34. The Morgan fingerprint density at radius 2 is 2.11 bits per heavy atom. The molecule has 1 atom stereocenters. The van der Waals surface area contributed by atoms with Gasteiger partial charge in [-0.25, -0.2) is 0 Å². The molecule has 0 aliphatic heterocycles. The van der Waals surface area contributed by atoms with Gasteiger partial charge >= 0.3 is 0 Å². The molecule has 0 spiro atoms. The summed E-state index contributed by atoms with van der Waals surface area (Å²) in [4.78, 5) is 2.18. The summed E-state index contributed by atoms with van der Waals surface area (Å²) in [6.45, 7) is 6.62. The molecule has 1 rings (SSSR count). The second-order valence-electron chi connectivity index (χ2n) is 5.17. The summed E-state index contributed by atoms with van der Waals surface area (Å²) in [7, 11) is 3.74. The summed E-state index contributed by atoms with van der Waals surface area (Å²) >= 11 is 0. The number of methoxy groups -OCH3 is 1. The summed E-state index contributed by atoms with van der Waals surface area (Å²) in [6.07, 6.45) is 4.31. The fraction of sp³-hybridized carbons (Fsp3) is 0.786. The minimum absolute atomic E-state index is 0.0520. The Balaban J connectivity index is 2.48. The van der Waals surface area contributed by atoms with Gasteiger partial charge in [0.05, 0.1) is 18.3 Å². The zero-order chi connectivity index (χ0) is 14.3. The maximum atomic E-state index is 5.94. The molecule has 1 heterocycles. The molecule has 0 saturated heterocycles. The van der Waals surface area contributed by atoms with E-state index in [0.717, 1.165) is 31.6 Å². The summed E-state index contributed by atoms with van der Waals surface area (Å²) in [6, 6.07) is 2.65. The standard InChI is InChI=1S/C14H28N4O/c1-5-14(6-2)18-8-7-13(16-18)10-17(3)9-12(15)11-19-4/h7-8,12,14H,5-6,9-11,15H2,1-4H3. The van der Waals surface area contributed by atoms with E-state index in [1.54, 1.807) is 7.11 Å². The molecule has 2 N–H and O–H groups in total. The number of hydrogen-bond donors (Lipinski definition) is 1. The Labute approximate surface area is 116 Å². The van der Waals surface area contributed by atoms with Crippen LogP contribution in [0.15, 0.2) is 12.3 Å². The number of aromatic nitrogens is 2. The average molecular weight is 268 g/mol. The summed E-state index contributed by atoms with van der Waals surface area (Å²) in [5.41, 5.74) is 7.04. The van der Waals surface area contributed by atoms with Gasteiger partial charge in [0.15, 0.2) is 0 Å². The van der Waals surface area contributed by atoms with E-state index in [0.29, 0.717) is 12.6 Å². The van der Waals surface area contributed by atoms with Crippen LogP contribution in [0.2, 0.25) is 0 Å². The molecular weight excluding hydrogens is 240 g/mol. The highest BCUT2D eigenvalue weighted by molar-refractivity contribution is 4.99. The van der Waals surface area contributed by atoms with E-state index < -0.39 is 0 Å². The summed E-state index contributed by atoms with van der Waals surface area (Å²) in [5, 5.41) is 4.65. The molecule has 19 heavy (non-hydrogen) atoms. The Morgan fingerprint density at radius 3 is 2.68 bits per heavy atom. The summed E-state index contributed by atoms with van der Waals surface area (Å²) < 4.78 is 7.13. The average Bonchev–Trinajstić information content (AvgIpc) is 2.79. The van der Waals surface area contributed by atoms with Crippen molar-refractivity contribution in [3.63, 3.8) is 0 Å². The lowest BCUT2D eigenvalue weighted by Gasteiger charge is -2.19. The Kier molecular flexibility index (Phi) is 7.05. The van der Waals surface area contributed by atoms with Crippen molar-refractivity contribution < 1.29 is 4.74 Å². The van der Waals surface area contributed by atoms with Crippen molar-refractivity contribution in [2.75, 3.05) is 27.3 Å². The minimum atomic E-state index is 0.0520. The molecule has 0 bridgehead atoms. The van der Waals surface area contributed by atoms with Gasteiger partial charge in [-0.15, -0.1) is 0 Å². The maximum Gasteiger partial charge on any atom is 0.0764 e. The molecule has 0 aliphatic rings. The van der Waals surface area contributed by atoms with Crippen molar-refractivity contribution in [2.45, 2.75) is 45.3 Å². The van der Waals surface area contributed by atoms with Gasteiger partial charge in [0.1, 0.15) is 0 Å². The van der Waals surface area contributed by atoms with Crippen molar-refractivity contribution in [1.29, 1.82) is 0 Å². The van der Waals surface area contributed by atoms with Gasteiger partial charge in [-0.3, -0.25) is 9.58 Å². The van der Waals surface area contributed by atoms with Crippen molar-refractivity contribution in [1.82, 2.24) is 14.7 Å². The zero-order valence-electron chi connectivity index (χ0n) is 12.7. The van der Waals surface area contributed by atoms with Crippen LogP contribution < -0.4 is 5.73 Å². The number of hydrogen-bond acceptors (Lipinski definition) is 4. The van der Waals surface area contributed by atoms with Crippen molar-refractivity contribution in [3.8, 4) is 0 Å². The number of ether oxygens (including phenoxy) is 1. The molecule has 0 saturated carbocycles. The third kappa shape index (κ3) is 5.30. The van der Waals surface area contributed by atoms with Crippen LogP contribution in [0.4, 0.5) is 0 Å². The molecule has 0 amide bonds. The van der Waals surface area contributed by atoms with E-state index in [2.05, 4.69) is 47.8 Å². The van der Waals surface area contributed by atoms with E-state index in [1.807, 2.05) is 0 Å². The van der Waals surface area contributed by atoms with Gasteiger partial charge in [0.25, 0.3) is 0 Å². The van der Waals surface area contributed by atoms with Crippen molar-refractivity contribution >= 4 is 0 Å². The van der Waals surface area contributed by atoms with Crippen LogP contribution in [0.5, 0.6) is 0 Å². The van der Waals surface area contributed by atoms with E-state index in [9.17, 15) is 0 Å². The number of nitrogens with zero attached hydrogens (tertiary/aromatic N) is 3. The lowest BCUT2D eigenvalue weighted by atomic mass is 10.2. The van der Waals surface area contributed by atoms with E-state index in [-0.39, 0.29) is 6.04 Å². The van der Waals surface area contributed by atoms with Crippen LogP contribution in [-0.2, 0) is 11.3 Å². The van der Waals surface area contributed by atoms with E-state index in [4.69, 9.17) is 10.5 Å². The van der Waals surface area contributed by atoms with Crippen LogP contribution in [-0.4, -0.2) is 48.0 Å². The zero-order valence-corrected chi connectivity index (χ0v) is 12.7. The predicted octanol–water partition coefficient (Wildman–Crippen LogP) is 1.65. The second-order valence-corrected chi connectivity index (χ2v) is 5.17. The molecule has 110 valence electrons. The maximum absolute atomic E-state index is 5.94. The van der Waals surface area contributed by atoms with Gasteiger partial charge in [-0.2, -0.15) is 5.10 Å². The molecule has 5 nitrogen and oxygen atoms in total. The number of nitrogens with two attached hydrogens (primary N) is 1. The van der Waals surface area contributed by atoms with Crippen LogP contribution in [0.3, 0.4) is 0 Å². The molecule has 0 aliphatic carbocycles.